The molecule has 0 aliphatic heterocycles. The van der Waals surface area contributed by atoms with Gasteiger partial charge in [0.25, 0.3) is 5.91 Å². The molecule has 0 aliphatic carbocycles. The number of ether oxygens (including phenoxy) is 1. The van der Waals surface area contributed by atoms with Crippen molar-refractivity contribution in [3.05, 3.63) is 64.2 Å². The molecule has 6 heteroatoms. The van der Waals surface area contributed by atoms with E-state index in [9.17, 15) is 9.59 Å². The van der Waals surface area contributed by atoms with Gasteiger partial charge in [0.2, 0.25) is 5.91 Å². The summed E-state index contributed by atoms with van der Waals surface area (Å²) in [7, 11) is 0. The van der Waals surface area contributed by atoms with Gasteiger partial charge < -0.3 is 15.4 Å². The second kappa shape index (κ2) is 10.6. The van der Waals surface area contributed by atoms with Gasteiger partial charge in [-0.2, -0.15) is 0 Å². The Morgan fingerprint density at radius 1 is 0.963 bits per heavy atom. The number of aryl methyl sites for hydroxylation is 3. The van der Waals surface area contributed by atoms with E-state index in [2.05, 4.69) is 10.6 Å². The van der Waals surface area contributed by atoms with E-state index in [1.807, 2.05) is 56.3 Å². The van der Waals surface area contributed by atoms with Gasteiger partial charge in [0.15, 0.2) is 6.61 Å². The lowest BCUT2D eigenvalue weighted by atomic mass is 10.1. The lowest BCUT2D eigenvalue weighted by molar-refractivity contribution is -0.124. The molecular weight excluding hydrogens is 364 g/mol. The van der Waals surface area contributed by atoms with E-state index >= 15 is 0 Å². The van der Waals surface area contributed by atoms with Gasteiger partial charge in [-0.05, 0) is 49.6 Å². The van der Waals surface area contributed by atoms with Gasteiger partial charge in [0, 0.05) is 24.5 Å². The molecule has 2 rings (SSSR count). The third-order valence-electron chi connectivity index (χ3n) is 4.01. The van der Waals surface area contributed by atoms with Crippen molar-refractivity contribution in [2.24, 2.45) is 0 Å². The highest BCUT2D eigenvalue weighted by atomic mass is 35.5. The van der Waals surface area contributed by atoms with Crippen LogP contribution in [-0.4, -0.2) is 31.5 Å². The fourth-order valence-electron chi connectivity index (χ4n) is 2.56. The summed E-state index contributed by atoms with van der Waals surface area (Å²) in [5, 5.41) is 6.20. The summed E-state index contributed by atoms with van der Waals surface area (Å²) in [5.41, 5.74) is 3.21. The maximum atomic E-state index is 11.8. The molecule has 0 unspecified atom stereocenters. The first-order valence-electron chi connectivity index (χ1n) is 8.92. The van der Waals surface area contributed by atoms with E-state index < -0.39 is 0 Å². The first kappa shape index (κ1) is 20.8. The van der Waals surface area contributed by atoms with Crippen LogP contribution in [0.15, 0.2) is 42.5 Å². The van der Waals surface area contributed by atoms with Crippen molar-refractivity contribution in [3.63, 3.8) is 0 Å². The van der Waals surface area contributed by atoms with Crippen LogP contribution in [0, 0.1) is 13.8 Å². The van der Waals surface area contributed by atoms with Crippen molar-refractivity contribution in [1.82, 2.24) is 10.6 Å². The normalized spacial score (nSPS) is 10.3. The first-order chi connectivity index (χ1) is 12.9. The summed E-state index contributed by atoms with van der Waals surface area (Å²) in [6.45, 7) is 4.65. The molecule has 27 heavy (non-hydrogen) atoms. The largest absolute Gasteiger partial charge is 0.484 e. The SMILES string of the molecule is Cc1ccc(OCC(=O)NCCNC(=O)CCc2ccc(Cl)cc2)c(C)c1. The Hall–Kier alpha value is -2.53. The summed E-state index contributed by atoms with van der Waals surface area (Å²) in [5.74, 6) is 0.433. The Kier molecular flexibility index (Phi) is 8.14. The highest BCUT2D eigenvalue weighted by Crippen LogP contribution is 2.18. The standard InChI is InChI=1S/C21H25ClN2O3/c1-15-3-9-19(16(2)13-15)27-14-21(26)24-12-11-23-20(25)10-6-17-4-7-18(22)8-5-17/h3-5,7-9,13H,6,10-12,14H2,1-2H3,(H,23,25)(H,24,26). The van der Waals surface area contributed by atoms with Crippen LogP contribution in [0.1, 0.15) is 23.1 Å². The zero-order valence-corrected chi connectivity index (χ0v) is 16.4. The van der Waals surface area contributed by atoms with Crippen LogP contribution in [0.2, 0.25) is 5.02 Å². The molecule has 0 saturated heterocycles. The van der Waals surface area contributed by atoms with Crippen LogP contribution < -0.4 is 15.4 Å². The minimum atomic E-state index is -0.217. The molecule has 2 aromatic rings. The average molecular weight is 389 g/mol. The predicted octanol–water partition coefficient (Wildman–Crippen LogP) is 3.20. The molecular formula is C21H25ClN2O3. The second-order valence-corrected chi connectivity index (χ2v) is 6.82. The Bertz CT molecular complexity index is 775. The molecule has 2 N–H and O–H groups in total. The molecule has 5 nitrogen and oxygen atoms in total. The van der Waals surface area contributed by atoms with Gasteiger partial charge in [-0.1, -0.05) is 41.4 Å². The molecule has 0 aromatic heterocycles. The number of hydrogen-bond donors (Lipinski definition) is 2. The Balaban J connectivity index is 1.58. The van der Waals surface area contributed by atoms with Crippen molar-refractivity contribution < 1.29 is 14.3 Å². The number of nitrogens with one attached hydrogen (secondary N) is 2. The maximum absolute atomic E-state index is 11.8. The summed E-state index contributed by atoms with van der Waals surface area (Å²) >= 11 is 5.83. The minimum absolute atomic E-state index is 0.0472. The predicted molar refractivity (Wildman–Crippen MR) is 107 cm³/mol. The molecule has 0 fully saturated rings. The Morgan fingerprint density at radius 2 is 1.63 bits per heavy atom. The fourth-order valence-corrected chi connectivity index (χ4v) is 2.68. The van der Waals surface area contributed by atoms with Gasteiger partial charge >= 0.3 is 0 Å². The molecule has 2 aromatic carbocycles. The summed E-state index contributed by atoms with van der Waals surface area (Å²) in [4.78, 5) is 23.6. The van der Waals surface area contributed by atoms with Crippen molar-refractivity contribution in [2.75, 3.05) is 19.7 Å². The van der Waals surface area contributed by atoms with Crippen molar-refractivity contribution in [3.8, 4) is 5.75 Å². The highest BCUT2D eigenvalue weighted by Gasteiger charge is 2.06. The number of hydrogen-bond acceptors (Lipinski definition) is 3. The molecule has 2 amide bonds. The molecule has 144 valence electrons. The van der Waals surface area contributed by atoms with Gasteiger partial charge in [-0.25, -0.2) is 0 Å². The van der Waals surface area contributed by atoms with Crippen LogP contribution >= 0.6 is 11.6 Å². The monoisotopic (exact) mass is 388 g/mol. The van der Waals surface area contributed by atoms with Gasteiger partial charge in [-0.15, -0.1) is 0 Å². The third-order valence-corrected chi connectivity index (χ3v) is 4.26. The van der Waals surface area contributed by atoms with Crippen molar-refractivity contribution in [1.29, 1.82) is 0 Å². The quantitative estimate of drug-likeness (QED) is 0.648. The van der Waals surface area contributed by atoms with Crippen LogP contribution in [-0.2, 0) is 16.0 Å². The van der Waals surface area contributed by atoms with E-state index in [0.717, 1.165) is 16.7 Å². The summed E-state index contributed by atoms with van der Waals surface area (Å²) in [6.07, 6.45) is 1.05. The minimum Gasteiger partial charge on any atom is -0.484 e. The van der Waals surface area contributed by atoms with E-state index in [1.54, 1.807) is 0 Å². The van der Waals surface area contributed by atoms with E-state index in [-0.39, 0.29) is 18.4 Å². The lowest BCUT2D eigenvalue weighted by Crippen LogP contribution is -2.36. The van der Waals surface area contributed by atoms with Crippen LogP contribution in [0.25, 0.3) is 0 Å². The van der Waals surface area contributed by atoms with Crippen LogP contribution in [0.4, 0.5) is 0 Å². The number of carbonyl (C=O) groups is 2. The molecule has 0 heterocycles. The van der Waals surface area contributed by atoms with Gasteiger partial charge in [-0.3, -0.25) is 9.59 Å². The molecule has 0 spiro atoms. The van der Waals surface area contributed by atoms with Crippen molar-refractivity contribution in [2.45, 2.75) is 26.7 Å². The number of amides is 2. The number of halogens is 1. The number of carbonyl (C=O) groups excluding carboxylic acids is 2. The Labute approximate surface area is 165 Å². The second-order valence-electron chi connectivity index (χ2n) is 6.38. The lowest BCUT2D eigenvalue weighted by Gasteiger charge is -2.10. The van der Waals surface area contributed by atoms with E-state index in [0.29, 0.717) is 36.7 Å². The first-order valence-corrected chi connectivity index (χ1v) is 9.30. The zero-order valence-electron chi connectivity index (χ0n) is 15.7. The van der Waals surface area contributed by atoms with Crippen molar-refractivity contribution >= 4 is 23.4 Å². The number of benzene rings is 2. The summed E-state index contributed by atoms with van der Waals surface area (Å²) in [6, 6.07) is 13.2. The van der Waals surface area contributed by atoms with E-state index in [1.165, 1.54) is 0 Å². The van der Waals surface area contributed by atoms with Gasteiger partial charge in [0.05, 0.1) is 0 Å². The van der Waals surface area contributed by atoms with Crippen LogP contribution in [0.3, 0.4) is 0 Å². The molecule has 0 radical (unpaired) electrons. The van der Waals surface area contributed by atoms with Crippen LogP contribution in [0.5, 0.6) is 5.75 Å². The average Bonchev–Trinajstić information content (AvgIpc) is 2.64. The Morgan fingerprint density at radius 3 is 2.30 bits per heavy atom. The topological polar surface area (TPSA) is 67.4 Å². The summed E-state index contributed by atoms with van der Waals surface area (Å²) < 4.78 is 5.52. The smallest absolute Gasteiger partial charge is 0.258 e. The zero-order chi connectivity index (χ0) is 19.6. The highest BCUT2D eigenvalue weighted by molar-refractivity contribution is 6.30. The fraction of sp³-hybridized carbons (Fsp3) is 0.333. The molecule has 0 saturated carbocycles. The molecule has 0 aliphatic rings. The van der Waals surface area contributed by atoms with E-state index in [4.69, 9.17) is 16.3 Å². The third kappa shape index (κ3) is 7.71. The number of rotatable bonds is 9. The van der Waals surface area contributed by atoms with Gasteiger partial charge in [0.1, 0.15) is 5.75 Å². The molecule has 0 atom stereocenters. The molecule has 0 bridgehead atoms. The maximum Gasteiger partial charge on any atom is 0.258 e.